The summed E-state index contributed by atoms with van der Waals surface area (Å²) in [6, 6.07) is 2.90. The summed E-state index contributed by atoms with van der Waals surface area (Å²) in [5.41, 5.74) is -1.88. The van der Waals surface area contributed by atoms with Gasteiger partial charge in [-0.1, -0.05) is 0 Å². The van der Waals surface area contributed by atoms with Crippen LogP contribution in [0.5, 0.6) is 11.5 Å². The van der Waals surface area contributed by atoms with Gasteiger partial charge in [-0.25, -0.2) is 8.78 Å². The fourth-order valence-electron chi connectivity index (χ4n) is 2.70. The number of benzene rings is 1. The second-order valence-corrected chi connectivity index (χ2v) is 4.96. The van der Waals surface area contributed by atoms with Gasteiger partial charge in [0, 0.05) is 5.56 Å². The number of Topliss-reactive ketones (excluding diaryl/α,β-unsaturated/α-hetero) is 1. The third-order valence-electron chi connectivity index (χ3n) is 3.97. The lowest BCUT2D eigenvalue weighted by atomic mass is 9.70. The Kier molecular flexibility index (Phi) is 4.35. The standard InChI is InChI=1S/C15H16F2O5/c1-20-10-6-8-4-5-15(13(16)17,14(19)22-3)12(18)9(8)7-11(10)21-2/h6-7,13H,4-5H2,1-3H3. The van der Waals surface area contributed by atoms with Crippen LogP contribution in [0.4, 0.5) is 8.78 Å². The maximum absolute atomic E-state index is 13.5. The molecule has 0 radical (unpaired) electrons. The van der Waals surface area contributed by atoms with Crippen LogP contribution in [0.2, 0.25) is 0 Å². The van der Waals surface area contributed by atoms with E-state index in [1.807, 2.05) is 0 Å². The van der Waals surface area contributed by atoms with Gasteiger partial charge in [0.1, 0.15) is 0 Å². The highest BCUT2D eigenvalue weighted by Gasteiger charge is 2.57. The molecule has 0 heterocycles. The first kappa shape index (κ1) is 16.2. The second kappa shape index (κ2) is 5.90. The Labute approximate surface area is 126 Å². The van der Waals surface area contributed by atoms with Crippen molar-refractivity contribution in [1.29, 1.82) is 0 Å². The molecule has 120 valence electrons. The SMILES string of the molecule is COC(=O)C1(C(F)F)CCc2cc(OC)c(OC)cc2C1=O. The van der Waals surface area contributed by atoms with Crippen LogP contribution in [0.25, 0.3) is 0 Å². The fourth-order valence-corrected chi connectivity index (χ4v) is 2.70. The van der Waals surface area contributed by atoms with Gasteiger partial charge in [0.05, 0.1) is 21.3 Å². The van der Waals surface area contributed by atoms with E-state index in [4.69, 9.17) is 9.47 Å². The monoisotopic (exact) mass is 314 g/mol. The Morgan fingerprint density at radius 2 is 1.77 bits per heavy atom. The van der Waals surface area contributed by atoms with Gasteiger partial charge in [-0.05, 0) is 30.5 Å². The molecule has 1 atom stereocenters. The summed E-state index contributed by atoms with van der Waals surface area (Å²) in [5, 5.41) is 0. The quantitative estimate of drug-likeness (QED) is 0.630. The summed E-state index contributed by atoms with van der Waals surface area (Å²) in [6.07, 6.45) is -3.31. The topological polar surface area (TPSA) is 61.8 Å². The zero-order valence-electron chi connectivity index (χ0n) is 12.4. The number of ether oxygens (including phenoxy) is 3. The lowest BCUT2D eigenvalue weighted by Gasteiger charge is -2.33. The summed E-state index contributed by atoms with van der Waals surface area (Å²) in [5.74, 6) is -1.52. The first-order valence-electron chi connectivity index (χ1n) is 6.58. The third-order valence-corrected chi connectivity index (χ3v) is 3.97. The van der Waals surface area contributed by atoms with Crippen molar-refractivity contribution in [3.8, 4) is 11.5 Å². The van der Waals surface area contributed by atoms with E-state index in [9.17, 15) is 18.4 Å². The normalized spacial score (nSPS) is 20.5. The molecule has 5 nitrogen and oxygen atoms in total. The molecular formula is C15H16F2O5. The van der Waals surface area contributed by atoms with Crippen LogP contribution in [-0.4, -0.2) is 39.5 Å². The molecule has 0 amide bonds. The number of hydrogen-bond acceptors (Lipinski definition) is 5. The molecule has 1 aromatic rings. The smallest absolute Gasteiger partial charge is 0.325 e. The Balaban J connectivity index is 2.59. The molecule has 0 N–H and O–H groups in total. The number of ketones is 1. The summed E-state index contributed by atoms with van der Waals surface area (Å²) >= 11 is 0. The van der Waals surface area contributed by atoms with Crippen molar-refractivity contribution in [2.45, 2.75) is 19.3 Å². The Morgan fingerprint density at radius 3 is 2.27 bits per heavy atom. The lowest BCUT2D eigenvalue weighted by molar-refractivity contribution is -0.158. The van der Waals surface area contributed by atoms with Crippen molar-refractivity contribution < 1.29 is 32.6 Å². The van der Waals surface area contributed by atoms with Gasteiger partial charge in [0.2, 0.25) is 0 Å². The average Bonchev–Trinajstić information content (AvgIpc) is 2.53. The molecular weight excluding hydrogens is 298 g/mol. The average molecular weight is 314 g/mol. The van der Waals surface area contributed by atoms with Gasteiger partial charge in [-0.3, -0.25) is 9.59 Å². The first-order valence-corrected chi connectivity index (χ1v) is 6.58. The molecule has 1 aromatic carbocycles. The van der Waals surface area contributed by atoms with E-state index < -0.39 is 23.6 Å². The maximum Gasteiger partial charge on any atom is 0.325 e. The van der Waals surface area contributed by atoms with Crippen LogP contribution in [-0.2, 0) is 16.0 Å². The summed E-state index contributed by atoms with van der Waals surface area (Å²) in [6.45, 7) is 0. The van der Waals surface area contributed by atoms with Gasteiger partial charge in [0.15, 0.2) is 22.7 Å². The molecule has 0 spiro atoms. The highest BCUT2D eigenvalue weighted by atomic mass is 19.3. The van der Waals surface area contributed by atoms with Crippen LogP contribution in [0.15, 0.2) is 12.1 Å². The Hall–Kier alpha value is -2.18. The van der Waals surface area contributed by atoms with Gasteiger partial charge in [-0.2, -0.15) is 0 Å². The number of hydrogen-bond donors (Lipinski definition) is 0. The van der Waals surface area contributed by atoms with Gasteiger partial charge >= 0.3 is 5.97 Å². The highest BCUT2D eigenvalue weighted by Crippen LogP contribution is 2.44. The van der Waals surface area contributed by atoms with E-state index in [0.717, 1.165) is 7.11 Å². The summed E-state index contributed by atoms with van der Waals surface area (Å²) in [4.78, 5) is 24.4. The molecule has 0 aliphatic heterocycles. The second-order valence-electron chi connectivity index (χ2n) is 4.96. The highest BCUT2D eigenvalue weighted by molar-refractivity contribution is 6.14. The number of halogens is 2. The van der Waals surface area contributed by atoms with Crippen molar-refractivity contribution in [2.24, 2.45) is 5.41 Å². The number of carbonyl (C=O) groups is 2. The first-order chi connectivity index (χ1) is 10.4. The Morgan fingerprint density at radius 1 is 1.18 bits per heavy atom. The van der Waals surface area contributed by atoms with Crippen molar-refractivity contribution in [1.82, 2.24) is 0 Å². The van der Waals surface area contributed by atoms with E-state index in [1.54, 1.807) is 6.07 Å². The van der Waals surface area contributed by atoms with Crippen molar-refractivity contribution in [2.75, 3.05) is 21.3 Å². The molecule has 0 aromatic heterocycles. The minimum Gasteiger partial charge on any atom is -0.493 e. The van der Waals surface area contributed by atoms with E-state index >= 15 is 0 Å². The zero-order chi connectivity index (χ0) is 16.5. The van der Waals surface area contributed by atoms with Gasteiger partial charge in [-0.15, -0.1) is 0 Å². The van der Waals surface area contributed by atoms with Gasteiger partial charge in [0.25, 0.3) is 6.43 Å². The molecule has 0 bridgehead atoms. The van der Waals surface area contributed by atoms with Crippen LogP contribution >= 0.6 is 0 Å². The number of fused-ring (bicyclic) bond motifs is 1. The van der Waals surface area contributed by atoms with Crippen molar-refractivity contribution in [3.05, 3.63) is 23.3 Å². The molecule has 0 saturated heterocycles. The predicted molar refractivity (Wildman–Crippen MR) is 72.7 cm³/mol. The Bertz CT molecular complexity index is 614. The largest absolute Gasteiger partial charge is 0.493 e. The molecule has 2 rings (SSSR count). The minimum atomic E-state index is -3.14. The molecule has 0 saturated carbocycles. The van der Waals surface area contributed by atoms with Crippen molar-refractivity contribution in [3.63, 3.8) is 0 Å². The molecule has 1 unspecified atom stereocenters. The number of carbonyl (C=O) groups excluding carboxylic acids is 2. The number of rotatable bonds is 4. The molecule has 22 heavy (non-hydrogen) atoms. The fraction of sp³-hybridized carbons (Fsp3) is 0.467. The maximum atomic E-state index is 13.5. The minimum absolute atomic E-state index is 0.0367. The van der Waals surface area contributed by atoms with E-state index in [2.05, 4.69) is 4.74 Å². The molecule has 1 aliphatic rings. The van der Waals surface area contributed by atoms with E-state index in [-0.39, 0.29) is 24.2 Å². The lowest BCUT2D eigenvalue weighted by Crippen LogP contribution is -2.49. The number of methoxy groups -OCH3 is 3. The predicted octanol–water partition coefficient (Wildman–Crippen LogP) is 2.26. The van der Waals surface area contributed by atoms with E-state index in [0.29, 0.717) is 11.3 Å². The van der Waals surface area contributed by atoms with E-state index in [1.165, 1.54) is 20.3 Å². The summed E-state index contributed by atoms with van der Waals surface area (Å²) < 4.78 is 41.7. The van der Waals surface area contributed by atoms with Crippen LogP contribution < -0.4 is 9.47 Å². The van der Waals surface area contributed by atoms with Crippen LogP contribution in [0.1, 0.15) is 22.3 Å². The van der Waals surface area contributed by atoms with Crippen LogP contribution in [0, 0.1) is 5.41 Å². The molecule has 7 heteroatoms. The molecule has 1 aliphatic carbocycles. The number of esters is 1. The third kappa shape index (κ3) is 2.20. The zero-order valence-corrected chi connectivity index (χ0v) is 12.4. The molecule has 0 fully saturated rings. The van der Waals surface area contributed by atoms with Gasteiger partial charge < -0.3 is 14.2 Å². The van der Waals surface area contributed by atoms with Crippen LogP contribution in [0.3, 0.4) is 0 Å². The number of aryl methyl sites for hydroxylation is 1. The summed E-state index contributed by atoms with van der Waals surface area (Å²) in [7, 11) is 3.80. The van der Waals surface area contributed by atoms with Crippen molar-refractivity contribution >= 4 is 11.8 Å². The number of alkyl halides is 2.